The third kappa shape index (κ3) is 3.43. The van der Waals surface area contributed by atoms with Gasteiger partial charge in [-0.15, -0.1) is 11.6 Å². The number of allylic oxidation sites excluding steroid dienone is 2. The second kappa shape index (κ2) is 6.54. The van der Waals surface area contributed by atoms with E-state index in [9.17, 15) is 5.11 Å². The number of hydrogen-bond acceptors (Lipinski definition) is 2. The van der Waals surface area contributed by atoms with Crippen molar-refractivity contribution >= 4 is 11.6 Å². The molecule has 0 saturated carbocycles. The minimum atomic E-state index is -0.136. The van der Waals surface area contributed by atoms with Gasteiger partial charge in [0.2, 0.25) is 0 Å². The van der Waals surface area contributed by atoms with E-state index in [1.165, 1.54) is 11.1 Å². The van der Waals surface area contributed by atoms with Gasteiger partial charge in [0.15, 0.2) is 0 Å². The number of hydrogen-bond donors (Lipinski definition) is 1. The molecular weight excluding hydrogens is 296 g/mol. The monoisotopic (exact) mass is 322 g/mol. The minimum Gasteiger partial charge on any atom is -0.507 e. The van der Waals surface area contributed by atoms with Gasteiger partial charge in [-0.2, -0.15) is 0 Å². The van der Waals surface area contributed by atoms with E-state index >= 15 is 0 Å². The minimum absolute atomic E-state index is 0.136. The Balaban J connectivity index is 2.46. The zero-order valence-electron chi connectivity index (χ0n) is 14.3. The highest BCUT2D eigenvalue weighted by Crippen LogP contribution is 2.43. The van der Waals surface area contributed by atoms with Crippen molar-refractivity contribution in [3.8, 4) is 11.5 Å². The molecule has 1 heterocycles. The van der Waals surface area contributed by atoms with E-state index in [0.29, 0.717) is 11.6 Å². The SMILES string of the molecule is C/C(=C\Cc1c(O)c(C)c(C)c2c1CCC(C)(C)O2)CCCl. The zero-order chi connectivity index (χ0) is 16.5. The molecule has 0 aliphatic carbocycles. The molecule has 1 N–H and O–H groups in total. The molecule has 1 aliphatic rings. The molecule has 0 atom stereocenters. The van der Waals surface area contributed by atoms with Crippen LogP contribution in [0.2, 0.25) is 0 Å². The Hall–Kier alpha value is -1.15. The summed E-state index contributed by atoms with van der Waals surface area (Å²) in [5.41, 5.74) is 5.30. The quantitative estimate of drug-likeness (QED) is 0.607. The number of alkyl halides is 1. The van der Waals surface area contributed by atoms with Crippen LogP contribution in [0.4, 0.5) is 0 Å². The lowest BCUT2D eigenvalue weighted by Gasteiger charge is -2.35. The molecule has 22 heavy (non-hydrogen) atoms. The molecule has 3 heteroatoms. The molecule has 1 aromatic rings. The number of benzene rings is 1. The van der Waals surface area contributed by atoms with E-state index in [-0.39, 0.29) is 5.60 Å². The van der Waals surface area contributed by atoms with Crippen LogP contribution in [-0.2, 0) is 12.8 Å². The van der Waals surface area contributed by atoms with E-state index in [2.05, 4.69) is 26.8 Å². The van der Waals surface area contributed by atoms with Crippen LogP contribution in [-0.4, -0.2) is 16.6 Å². The highest BCUT2D eigenvalue weighted by Gasteiger charge is 2.31. The standard InChI is InChI=1S/C19H27ClO2/c1-12(9-11-20)6-7-15-16-8-10-19(4,5)22-18(16)14(3)13(2)17(15)21/h6,21H,7-11H2,1-5H3/b12-6+. The summed E-state index contributed by atoms with van der Waals surface area (Å²) in [5, 5.41) is 10.6. The van der Waals surface area contributed by atoms with Crippen LogP contribution < -0.4 is 4.74 Å². The second-order valence-electron chi connectivity index (χ2n) is 6.94. The van der Waals surface area contributed by atoms with Gasteiger partial charge in [-0.1, -0.05) is 11.6 Å². The Morgan fingerprint density at radius 1 is 1.32 bits per heavy atom. The fourth-order valence-corrected chi connectivity index (χ4v) is 3.28. The topological polar surface area (TPSA) is 29.5 Å². The average Bonchev–Trinajstić information content (AvgIpc) is 2.45. The number of fused-ring (bicyclic) bond motifs is 1. The molecule has 0 fully saturated rings. The van der Waals surface area contributed by atoms with E-state index in [4.69, 9.17) is 16.3 Å². The van der Waals surface area contributed by atoms with Crippen LogP contribution in [0.1, 0.15) is 55.9 Å². The molecule has 0 aromatic heterocycles. The van der Waals surface area contributed by atoms with Gasteiger partial charge >= 0.3 is 0 Å². The van der Waals surface area contributed by atoms with E-state index in [1.807, 2.05) is 13.8 Å². The molecule has 2 rings (SSSR count). The van der Waals surface area contributed by atoms with Crippen LogP contribution in [0.15, 0.2) is 11.6 Å². The van der Waals surface area contributed by atoms with Gasteiger partial charge in [0.1, 0.15) is 17.1 Å². The van der Waals surface area contributed by atoms with Crippen molar-refractivity contribution in [1.29, 1.82) is 0 Å². The Kier molecular flexibility index (Phi) is 5.11. The van der Waals surface area contributed by atoms with Crippen LogP contribution in [0.3, 0.4) is 0 Å². The molecule has 0 spiro atoms. The fourth-order valence-electron chi connectivity index (χ4n) is 2.98. The highest BCUT2D eigenvalue weighted by molar-refractivity contribution is 6.17. The van der Waals surface area contributed by atoms with Gasteiger partial charge in [-0.25, -0.2) is 0 Å². The number of rotatable bonds is 4. The van der Waals surface area contributed by atoms with Crippen molar-refractivity contribution in [1.82, 2.24) is 0 Å². The molecule has 0 amide bonds. The van der Waals surface area contributed by atoms with Crippen molar-refractivity contribution in [3.63, 3.8) is 0 Å². The molecule has 0 unspecified atom stereocenters. The van der Waals surface area contributed by atoms with Crippen molar-refractivity contribution in [2.24, 2.45) is 0 Å². The Labute approximate surface area is 139 Å². The second-order valence-corrected chi connectivity index (χ2v) is 7.32. The van der Waals surface area contributed by atoms with Crippen LogP contribution >= 0.6 is 11.6 Å². The van der Waals surface area contributed by atoms with Gasteiger partial charge in [0.05, 0.1) is 0 Å². The molecule has 0 saturated heterocycles. The van der Waals surface area contributed by atoms with E-state index < -0.39 is 0 Å². The summed E-state index contributed by atoms with van der Waals surface area (Å²) < 4.78 is 6.23. The third-order valence-corrected chi connectivity index (χ3v) is 4.87. The summed E-state index contributed by atoms with van der Waals surface area (Å²) in [4.78, 5) is 0. The Bertz CT molecular complexity index is 600. The number of phenols is 1. The van der Waals surface area contributed by atoms with Crippen molar-refractivity contribution in [2.75, 3.05) is 5.88 Å². The first kappa shape index (κ1) is 17.2. The predicted octanol–water partition coefficient (Wildman–Crippen LogP) is 5.23. The first-order chi connectivity index (χ1) is 10.3. The van der Waals surface area contributed by atoms with Gasteiger partial charge in [-0.3, -0.25) is 0 Å². The lowest BCUT2D eigenvalue weighted by atomic mass is 9.86. The maximum absolute atomic E-state index is 10.6. The number of halogens is 1. The lowest BCUT2D eigenvalue weighted by molar-refractivity contribution is 0.0831. The molecule has 2 nitrogen and oxygen atoms in total. The van der Waals surface area contributed by atoms with Crippen LogP contribution in [0.5, 0.6) is 11.5 Å². The smallest absolute Gasteiger partial charge is 0.127 e. The lowest BCUT2D eigenvalue weighted by Crippen LogP contribution is -2.33. The number of phenolic OH excluding ortho intramolecular Hbond substituents is 1. The summed E-state index contributed by atoms with van der Waals surface area (Å²) in [6.07, 6.45) is 5.72. The first-order valence-corrected chi connectivity index (χ1v) is 8.54. The average molecular weight is 323 g/mol. The van der Waals surface area contributed by atoms with E-state index in [0.717, 1.165) is 48.1 Å². The third-order valence-electron chi connectivity index (χ3n) is 4.68. The van der Waals surface area contributed by atoms with Crippen molar-refractivity contribution in [3.05, 3.63) is 33.9 Å². The maximum Gasteiger partial charge on any atom is 0.127 e. The molecule has 0 bridgehead atoms. The van der Waals surface area contributed by atoms with Crippen LogP contribution in [0.25, 0.3) is 0 Å². The zero-order valence-corrected chi connectivity index (χ0v) is 15.1. The number of aromatic hydroxyl groups is 1. The van der Waals surface area contributed by atoms with Crippen molar-refractivity contribution < 1.29 is 9.84 Å². The maximum atomic E-state index is 10.6. The molecule has 1 aromatic carbocycles. The van der Waals surface area contributed by atoms with Gasteiger partial charge in [-0.05, 0) is 71.4 Å². The predicted molar refractivity (Wildman–Crippen MR) is 93.4 cm³/mol. The number of ether oxygens (including phenoxy) is 1. The van der Waals surface area contributed by atoms with Gasteiger partial charge in [0, 0.05) is 17.0 Å². The largest absolute Gasteiger partial charge is 0.507 e. The first-order valence-electron chi connectivity index (χ1n) is 8.01. The van der Waals surface area contributed by atoms with Crippen LogP contribution in [0, 0.1) is 13.8 Å². The molecular formula is C19H27ClO2. The Morgan fingerprint density at radius 2 is 2.00 bits per heavy atom. The molecule has 1 aliphatic heterocycles. The summed E-state index contributed by atoms with van der Waals surface area (Å²) in [6, 6.07) is 0. The summed E-state index contributed by atoms with van der Waals surface area (Å²) >= 11 is 5.79. The van der Waals surface area contributed by atoms with E-state index in [1.54, 1.807) is 0 Å². The summed E-state index contributed by atoms with van der Waals surface area (Å²) in [7, 11) is 0. The molecule has 122 valence electrons. The Morgan fingerprint density at radius 3 is 2.64 bits per heavy atom. The normalized spacial score (nSPS) is 17.1. The summed E-state index contributed by atoms with van der Waals surface area (Å²) in [6.45, 7) is 10.3. The molecule has 0 radical (unpaired) electrons. The van der Waals surface area contributed by atoms with Gasteiger partial charge in [0.25, 0.3) is 0 Å². The van der Waals surface area contributed by atoms with Crippen molar-refractivity contribution in [2.45, 2.75) is 65.9 Å². The highest BCUT2D eigenvalue weighted by atomic mass is 35.5. The summed E-state index contributed by atoms with van der Waals surface area (Å²) in [5.74, 6) is 2.04. The van der Waals surface area contributed by atoms with Gasteiger partial charge < -0.3 is 9.84 Å². The fraction of sp³-hybridized carbons (Fsp3) is 0.579.